The molecule has 0 aliphatic carbocycles. The summed E-state index contributed by atoms with van der Waals surface area (Å²) in [6.07, 6.45) is 2.58. The van der Waals surface area contributed by atoms with Gasteiger partial charge in [-0.3, -0.25) is 4.90 Å². The predicted molar refractivity (Wildman–Crippen MR) is 143 cm³/mol. The van der Waals surface area contributed by atoms with E-state index in [1.807, 2.05) is 12.1 Å². The van der Waals surface area contributed by atoms with Crippen molar-refractivity contribution in [3.8, 4) is 0 Å². The van der Waals surface area contributed by atoms with Gasteiger partial charge in [0.05, 0.1) is 12.7 Å². The average molecular weight is 542 g/mol. The fourth-order valence-corrected chi connectivity index (χ4v) is 6.03. The fraction of sp³-hybridized carbons (Fsp3) is 0.310. The standard InChI is InChI=1S/C27H27Cl2NO.C2H2O4/c28-23-15-19(16-24(29)17-23)18-31-27-22-11-13-30(14-12-22)26(27)25(20-7-3-1-4-8-20)21-9-5-2-6-10-21;3-1(4)2(5)6/h1-10,15-17,22,25-27H,11-14,18H2;(H,3,4)(H,5,6)/t26-,27+;/m1./s1. The first-order valence-electron chi connectivity index (χ1n) is 12.2. The number of ether oxygens (including phenoxy) is 1. The van der Waals surface area contributed by atoms with Crippen molar-refractivity contribution < 1.29 is 24.5 Å². The molecule has 2 atom stereocenters. The highest BCUT2D eigenvalue weighted by Crippen LogP contribution is 2.43. The van der Waals surface area contributed by atoms with Gasteiger partial charge in [0, 0.05) is 22.0 Å². The molecule has 3 fully saturated rings. The Morgan fingerprint density at radius 3 is 1.78 bits per heavy atom. The number of carboxylic acid groups (broad SMARTS) is 2. The van der Waals surface area contributed by atoms with Crippen LogP contribution in [0.5, 0.6) is 0 Å². The Hall–Kier alpha value is -2.90. The molecule has 6 rings (SSSR count). The van der Waals surface area contributed by atoms with Crippen molar-refractivity contribution >= 4 is 35.1 Å². The third kappa shape index (κ3) is 6.90. The van der Waals surface area contributed by atoms with E-state index >= 15 is 0 Å². The van der Waals surface area contributed by atoms with Crippen LogP contribution < -0.4 is 0 Å². The molecule has 0 spiro atoms. The topological polar surface area (TPSA) is 87.1 Å². The minimum atomic E-state index is -1.82. The summed E-state index contributed by atoms with van der Waals surface area (Å²) in [6.45, 7) is 2.82. The molecule has 194 valence electrons. The van der Waals surface area contributed by atoms with Crippen molar-refractivity contribution in [3.05, 3.63) is 106 Å². The maximum absolute atomic E-state index is 9.10. The number of hydrogen-bond donors (Lipinski definition) is 2. The molecule has 37 heavy (non-hydrogen) atoms. The van der Waals surface area contributed by atoms with Gasteiger partial charge in [0.15, 0.2) is 0 Å². The normalized spacial score (nSPS) is 22.2. The van der Waals surface area contributed by atoms with E-state index in [2.05, 4.69) is 65.6 Å². The quantitative estimate of drug-likeness (QED) is 0.374. The zero-order valence-electron chi connectivity index (χ0n) is 20.2. The lowest BCUT2D eigenvalue weighted by Gasteiger charge is -2.53. The van der Waals surface area contributed by atoms with Crippen molar-refractivity contribution in [2.45, 2.75) is 37.5 Å². The molecule has 3 aliphatic heterocycles. The Morgan fingerprint density at radius 1 is 0.838 bits per heavy atom. The highest BCUT2D eigenvalue weighted by Gasteiger charge is 2.47. The molecule has 2 N–H and O–H groups in total. The Labute approximate surface area is 226 Å². The molecule has 0 unspecified atom stereocenters. The fourth-order valence-electron chi connectivity index (χ4n) is 5.46. The third-order valence-electron chi connectivity index (χ3n) is 7.00. The number of fused-ring (bicyclic) bond motifs is 3. The molecule has 0 radical (unpaired) electrons. The first-order valence-corrected chi connectivity index (χ1v) is 13.0. The summed E-state index contributed by atoms with van der Waals surface area (Å²) >= 11 is 12.5. The van der Waals surface area contributed by atoms with Gasteiger partial charge in [0.1, 0.15) is 0 Å². The van der Waals surface area contributed by atoms with Crippen molar-refractivity contribution in [1.82, 2.24) is 4.90 Å². The van der Waals surface area contributed by atoms with Crippen molar-refractivity contribution in [3.63, 3.8) is 0 Å². The van der Waals surface area contributed by atoms with E-state index in [1.165, 1.54) is 24.0 Å². The molecule has 3 saturated heterocycles. The first kappa shape index (κ1) is 27.1. The number of carbonyl (C=O) groups is 2. The van der Waals surface area contributed by atoms with Crippen LogP contribution in [0.3, 0.4) is 0 Å². The largest absolute Gasteiger partial charge is 0.473 e. The number of hydrogen-bond acceptors (Lipinski definition) is 4. The van der Waals surface area contributed by atoms with Crippen molar-refractivity contribution in [1.29, 1.82) is 0 Å². The maximum Gasteiger partial charge on any atom is 0.414 e. The monoisotopic (exact) mass is 541 g/mol. The third-order valence-corrected chi connectivity index (χ3v) is 7.44. The summed E-state index contributed by atoms with van der Waals surface area (Å²) < 4.78 is 6.69. The minimum absolute atomic E-state index is 0.172. The van der Waals surface area contributed by atoms with E-state index in [9.17, 15) is 0 Å². The van der Waals surface area contributed by atoms with Gasteiger partial charge >= 0.3 is 11.9 Å². The van der Waals surface area contributed by atoms with Crippen molar-refractivity contribution in [2.24, 2.45) is 5.92 Å². The van der Waals surface area contributed by atoms with Gasteiger partial charge in [-0.25, -0.2) is 9.59 Å². The molecule has 0 aromatic heterocycles. The van der Waals surface area contributed by atoms with Gasteiger partial charge in [-0.05, 0) is 66.7 Å². The van der Waals surface area contributed by atoms with Crippen LogP contribution in [0, 0.1) is 5.92 Å². The Bertz CT molecular complexity index is 1130. The highest BCUT2D eigenvalue weighted by molar-refractivity contribution is 6.34. The molecule has 2 bridgehead atoms. The number of halogens is 2. The number of carboxylic acids is 2. The number of nitrogens with zero attached hydrogens (tertiary/aromatic N) is 1. The molecule has 6 nitrogen and oxygen atoms in total. The number of aliphatic carboxylic acids is 2. The van der Waals surface area contributed by atoms with E-state index in [0.29, 0.717) is 28.6 Å². The highest BCUT2D eigenvalue weighted by atomic mass is 35.5. The summed E-state index contributed by atoms with van der Waals surface area (Å²) in [7, 11) is 0. The van der Waals surface area contributed by atoms with Crippen molar-refractivity contribution in [2.75, 3.05) is 13.1 Å². The summed E-state index contributed by atoms with van der Waals surface area (Å²) in [5.41, 5.74) is 3.74. The number of rotatable bonds is 6. The van der Waals surface area contributed by atoms with Gasteiger partial charge in [-0.15, -0.1) is 0 Å². The lowest BCUT2D eigenvalue weighted by molar-refractivity contribution is -0.159. The average Bonchev–Trinajstić information content (AvgIpc) is 2.90. The van der Waals surface area contributed by atoms with Crippen LogP contribution in [-0.4, -0.2) is 52.3 Å². The molecule has 3 aromatic rings. The number of benzene rings is 3. The van der Waals surface area contributed by atoms with Crippen LogP contribution in [0.25, 0.3) is 0 Å². The van der Waals surface area contributed by atoms with Crippen LogP contribution in [0.15, 0.2) is 78.9 Å². The van der Waals surface area contributed by atoms with Gasteiger partial charge < -0.3 is 14.9 Å². The molecule has 3 aromatic carbocycles. The van der Waals surface area contributed by atoms with Gasteiger partial charge in [0.2, 0.25) is 0 Å². The van der Waals surface area contributed by atoms with Crippen LogP contribution in [-0.2, 0) is 20.9 Å². The van der Waals surface area contributed by atoms with Crippen LogP contribution in [0.2, 0.25) is 10.0 Å². The maximum atomic E-state index is 9.10. The molecule has 0 amide bonds. The smallest absolute Gasteiger partial charge is 0.414 e. The van der Waals surface area contributed by atoms with E-state index in [-0.39, 0.29) is 12.0 Å². The molecule has 3 aliphatic rings. The van der Waals surface area contributed by atoms with Gasteiger partial charge in [0.25, 0.3) is 0 Å². The zero-order chi connectivity index (χ0) is 26.4. The van der Waals surface area contributed by atoms with Gasteiger partial charge in [-0.1, -0.05) is 83.9 Å². The lowest BCUT2D eigenvalue weighted by atomic mass is 9.72. The Morgan fingerprint density at radius 2 is 1.32 bits per heavy atom. The Kier molecular flexibility index (Phi) is 9.22. The Balaban J connectivity index is 0.000000480. The first-order chi connectivity index (χ1) is 17.8. The minimum Gasteiger partial charge on any atom is -0.473 e. The van der Waals surface area contributed by atoms with E-state index < -0.39 is 11.9 Å². The molecular formula is C29H29Cl2NO5. The predicted octanol–water partition coefficient (Wildman–Crippen LogP) is 5.96. The molecular weight excluding hydrogens is 513 g/mol. The molecule has 8 heteroatoms. The van der Waals surface area contributed by atoms with E-state index in [4.69, 9.17) is 47.7 Å². The number of piperidine rings is 3. The second-order valence-electron chi connectivity index (χ2n) is 9.33. The second kappa shape index (κ2) is 12.6. The van der Waals surface area contributed by atoms with Crippen LogP contribution in [0.4, 0.5) is 0 Å². The summed E-state index contributed by atoms with van der Waals surface area (Å²) in [5, 5.41) is 16.1. The van der Waals surface area contributed by atoms with E-state index in [1.54, 1.807) is 6.07 Å². The molecule has 3 heterocycles. The summed E-state index contributed by atoms with van der Waals surface area (Å²) in [4.78, 5) is 20.9. The summed E-state index contributed by atoms with van der Waals surface area (Å²) in [6, 6.07) is 27.8. The van der Waals surface area contributed by atoms with Gasteiger partial charge in [-0.2, -0.15) is 0 Å². The second-order valence-corrected chi connectivity index (χ2v) is 10.2. The molecule has 0 saturated carbocycles. The van der Waals surface area contributed by atoms with E-state index in [0.717, 1.165) is 18.7 Å². The summed E-state index contributed by atoms with van der Waals surface area (Å²) in [5.74, 6) is -2.79. The van der Waals surface area contributed by atoms with Crippen LogP contribution in [0.1, 0.15) is 35.4 Å². The zero-order valence-corrected chi connectivity index (χ0v) is 21.7. The lowest BCUT2D eigenvalue weighted by Crippen LogP contribution is -2.60. The van der Waals surface area contributed by atoms with Crippen LogP contribution >= 0.6 is 23.2 Å². The SMILES string of the molecule is Clc1cc(Cl)cc(CO[C@H]2C3CCN(CC3)[C@@H]2C(c2ccccc2)c2ccccc2)c1.O=C(O)C(=O)O.